The van der Waals surface area contributed by atoms with Crippen LogP contribution >= 0.6 is 10.3 Å². The van der Waals surface area contributed by atoms with Crippen LogP contribution in [0.3, 0.4) is 0 Å². The van der Waals surface area contributed by atoms with E-state index >= 15 is 0 Å². The van der Waals surface area contributed by atoms with Gasteiger partial charge in [-0.2, -0.15) is 0 Å². The van der Waals surface area contributed by atoms with Crippen LogP contribution in [0.5, 0.6) is 0 Å². The Hall–Kier alpha value is -3.82. The molecule has 0 spiro atoms. The lowest BCUT2D eigenvalue weighted by molar-refractivity contribution is -0.133. The van der Waals surface area contributed by atoms with Crippen molar-refractivity contribution in [2.24, 2.45) is 0 Å². The van der Waals surface area contributed by atoms with Gasteiger partial charge in [-0.05, 0) is 75.0 Å². The van der Waals surface area contributed by atoms with Crippen LogP contribution in [0.25, 0.3) is 21.9 Å². The highest BCUT2D eigenvalue weighted by Crippen LogP contribution is 2.69. The molecular formula is C32H28O2S. The zero-order valence-corrected chi connectivity index (χ0v) is 20.6. The van der Waals surface area contributed by atoms with Gasteiger partial charge in [-0.15, -0.1) is 0 Å². The third-order valence-electron chi connectivity index (χ3n) is 6.11. The summed E-state index contributed by atoms with van der Waals surface area (Å²) in [5.74, 6) is -0.173. The summed E-state index contributed by atoms with van der Waals surface area (Å²) < 4.78 is 6.50. The van der Waals surface area contributed by atoms with Crippen molar-refractivity contribution in [1.82, 2.24) is 0 Å². The molecule has 0 amide bonds. The van der Waals surface area contributed by atoms with Crippen LogP contribution in [0.4, 0.5) is 0 Å². The summed E-state index contributed by atoms with van der Waals surface area (Å²) >= 11 is 0. The van der Waals surface area contributed by atoms with Crippen molar-refractivity contribution in [3.8, 4) is 11.1 Å². The average molecular weight is 477 g/mol. The monoisotopic (exact) mass is 476 g/mol. The number of fused-ring (bicyclic) bond motifs is 1. The molecule has 0 fully saturated rings. The van der Waals surface area contributed by atoms with E-state index in [0.717, 1.165) is 26.7 Å². The molecule has 5 rings (SSSR count). The first-order valence-corrected chi connectivity index (χ1v) is 13.5. The Morgan fingerprint density at radius 3 is 1.80 bits per heavy atom. The number of carbonyl (C=O) groups excluding carboxylic acids is 1. The van der Waals surface area contributed by atoms with Crippen molar-refractivity contribution >= 4 is 27.1 Å². The summed E-state index contributed by atoms with van der Waals surface area (Å²) in [5.41, 5.74) is 2.33. The fourth-order valence-electron chi connectivity index (χ4n) is 4.47. The largest absolute Gasteiger partial charge is 0.402 e. The molecular weight excluding hydrogens is 448 g/mol. The third-order valence-corrected chi connectivity index (χ3v) is 9.35. The van der Waals surface area contributed by atoms with Gasteiger partial charge >= 0.3 is 5.97 Å². The molecule has 0 heterocycles. The van der Waals surface area contributed by atoms with E-state index in [4.69, 9.17) is 4.18 Å². The molecule has 174 valence electrons. The number of hydrogen-bond acceptors (Lipinski definition) is 2. The highest BCUT2D eigenvalue weighted by Gasteiger charge is 2.35. The van der Waals surface area contributed by atoms with Crippen LogP contribution in [-0.4, -0.2) is 5.97 Å². The van der Waals surface area contributed by atoms with Gasteiger partial charge in [0.15, 0.2) is 0 Å². The molecule has 0 aromatic heterocycles. The number of hydrogen-bond donors (Lipinski definition) is 0. The van der Waals surface area contributed by atoms with E-state index in [1.165, 1.54) is 16.3 Å². The van der Waals surface area contributed by atoms with Crippen molar-refractivity contribution in [2.45, 2.75) is 34.5 Å². The zero-order valence-electron chi connectivity index (χ0n) is 19.8. The minimum atomic E-state index is -2.25. The van der Waals surface area contributed by atoms with Gasteiger partial charge in [0.2, 0.25) is 0 Å². The standard InChI is InChI=1S/C32H28O2S/c1-2-12-32(33)34-35(27-15-5-3-6-16-27,28-17-7-4-8-18-28)29-23-21-26(22-24-29)31-20-11-14-25-13-9-10-19-30(25)31/h3-11,13-24H,2,12H2,1H3. The smallest absolute Gasteiger partial charge is 0.317 e. The Balaban J connectivity index is 1.68. The molecule has 0 N–H and O–H groups in total. The zero-order chi connectivity index (χ0) is 24.1. The highest BCUT2D eigenvalue weighted by atomic mass is 32.3. The van der Waals surface area contributed by atoms with Crippen molar-refractivity contribution in [3.05, 3.63) is 127 Å². The van der Waals surface area contributed by atoms with Gasteiger partial charge in [-0.3, -0.25) is 4.79 Å². The molecule has 3 heteroatoms. The van der Waals surface area contributed by atoms with Gasteiger partial charge in [0.05, 0.1) is 0 Å². The fourth-order valence-corrected chi connectivity index (χ4v) is 7.53. The first-order valence-electron chi connectivity index (χ1n) is 12.0. The molecule has 0 aliphatic carbocycles. The summed E-state index contributed by atoms with van der Waals surface area (Å²) in [7, 11) is -2.25. The van der Waals surface area contributed by atoms with Gasteiger partial charge in [-0.25, -0.2) is 0 Å². The number of carbonyl (C=O) groups is 1. The van der Waals surface area contributed by atoms with E-state index in [1.807, 2.05) is 43.3 Å². The Morgan fingerprint density at radius 1 is 0.629 bits per heavy atom. The Bertz CT molecular complexity index is 1380. The van der Waals surface area contributed by atoms with Gasteiger partial charge in [0.25, 0.3) is 0 Å². The Labute approximate surface area is 208 Å². The summed E-state index contributed by atoms with van der Waals surface area (Å²) in [4.78, 5) is 16.0. The normalized spacial score (nSPS) is 11.8. The summed E-state index contributed by atoms with van der Waals surface area (Å²) in [6, 6.07) is 43.7. The van der Waals surface area contributed by atoms with Gasteiger partial charge in [-0.1, -0.05) is 97.9 Å². The van der Waals surface area contributed by atoms with Crippen LogP contribution in [0.2, 0.25) is 0 Å². The second kappa shape index (κ2) is 10.2. The molecule has 2 nitrogen and oxygen atoms in total. The third kappa shape index (κ3) is 4.48. The molecule has 0 aliphatic heterocycles. The lowest BCUT2D eigenvalue weighted by Gasteiger charge is -2.40. The lowest BCUT2D eigenvalue weighted by atomic mass is 9.98. The minimum absolute atomic E-state index is 0.173. The van der Waals surface area contributed by atoms with Crippen LogP contribution < -0.4 is 0 Å². The molecule has 0 radical (unpaired) electrons. The van der Waals surface area contributed by atoms with Crippen LogP contribution in [0.15, 0.2) is 142 Å². The summed E-state index contributed by atoms with van der Waals surface area (Å²) in [5, 5.41) is 2.44. The maximum atomic E-state index is 13.0. The maximum absolute atomic E-state index is 13.0. The number of rotatable bonds is 7. The van der Waals surface area contributed by atoms with Crippen molar-refractivity contribution < 1.29 is 8.98 Å². The minimum Gasteiger partial charge on any atom is -0.402 e. The van der Waals surface area contributed by atoms with Crippen molar-refractivity contribution in [2.75, 3.05) is 0 Å². The first-order chi connectivity index (χ1) is 17.2. The van der Waals surface area contributed by atoms with Crippen LogP contribution in [-0.2, 0) is 8.98 Å². The molecule has 5 aromatic rings. The summed E-state index contributed by atoms with van der Waals surface area (Å²) in [6.45, 7) is 2.00. The molecule has 0 unspecified atom stereocenters. The SMILES string of the molecule is CCCC(=O)OS(c1ccccc1)(c1ccccc1)c1ccc(-c2cccc3ccccc23)cc1. The van der Waals surface area contributed by atoms with Crippen LogP contribution in [0.1, 0.15) is 19.8 Å². The number of benzene rings is 5. The molecule has 0 atom stereocenters. The van der Waals surface area contributed by atoms with Gasteiger partial charge in [0, 0.05) is 21.1 Å². The lowest BCUT2D eigenvalue weighted by Crippen LogP contribution is -2.13. The second-order valence-corrected chi connectivity index (χ2v) is 11.1. The summed E-state index contributed by atoms with van der Waals surface area (Å²) in [6.07, 6.45) is 1.14. The van der Waals surface area contributed by atoms with E-state index in [2.05, 4.69) is 91.0 Å². The molecule has 0 saturated heterocycles. The topological polar surface area (TPSA) is 26.3 Å². The highest BCUT2D eigenvalue weighted by molar-refractivity contribution is 8.30. The quantitative estimate of drug-likeness (QED) is 0.234. The molecule has 0 aliphatic rings. The molecule has 35 heavy (non-hydrogen) atoms. The molecule has 0 bridgehead atoms. The first kappa shape index (κ1) is 22.9. The van der Waals surface area contributed by atoms with E-state index in [1.54, 1.807) is 0 Å². The van der Waals surface area contributed by atoms with E-state index in [0.29, 0.717) is 6.42 Å². The molecule has 5 aromatic carbocycles. The average Bonchev–Trinajstić information content (AvgIpc) is 2.93. The molecule has 0 saturated carbocycles. The fraction of sp³-hybridized carbons (Fsp3) is 0.0938. The Morgan fingerprint density at radius 2 is 1.17 bits per heavy atom. The van der Waals surface area contributed by atoms with E-state index in [-0.39, 0.29) is 5.97 Å². The predicted molar refractivity (Wildman–Crippen MR) is 146 cm³/mol. The van der Waals surface area contributed by atoms with Gasteiger partial charge < -0.3 is 4.18 Å². The second-order valence-electron chi connectivity index (χ2n) is 8.44. The maximum Gasteiger partial charge on any atom is 0.317 e. The van der Waals surface area contributed by atoms with Gasteiger partial charge in [0.1, 0.15) is 0 Å². The van der Waals surface area contributed by atoms with Crippen molar-refractivity contribution in [3.63, 3.8) is 0 Å². The predicted octanol–water partition coefficient (Wildman–Crippen LogP) is 9.05. The van der Waals surface area contributed by atoms with Crippen molar-refractivity contribution in [1.29, 1.82) is 0 Å². The van der Waals surface area contributed by atoms with E-state index in [9.17, 15) is 4.79 Å². The van der Waals surface area contributed by atoms with Crippen LogP contribution in [0, 0.1) is 0 Å². The van der Waals surface area contributed by atoms with E-state index < -0.39 is 10.3 Å². The Kier molecular flexibility index (Phi) is 6.69.